The SMILES string of the molecule is Cc1cccc(N2CCN(S(=O)(=O)CCNC(=O)CCl)CC2)c1. The summed E-state index contributed by atoms with van der Waals surface area (Å²) in [5.41, 5.74) is 2.31. The molecular weight excluding hydrogens is 338 g/mol. The largest absolute Gasteiger partial charge is 0.369 e. The van der Waals surface area contributed by atoms with Gasteiger partial charge in [0.2, 0.25) is 15.9 Å². The van der Waals surface area contributed by atoms with E-state index in [1.807, 2.05) is 25.1 Å². The number of alkyl halides is 1. The zero-order valence-electron chi connectivity index (χ0n) is 13.2. The Hall–Kier alpha value is -1.31. The first-order chi connectivity index (χ1) is 10.9. The molecule has 1 aliphatic rings. The fraction of sp³-hybridized carbons (Fsp3) is 0.533. The van der Waals surface area contributed by atoms with Crippen LogP contribution in [0.5, 0.6) is 0 Å². The number of halogens is 1. The Labute approximate surface area is 142 Å². The number of sulfonamides is 1. The first-order valence-corrected chi connectivity index (χ1v) is 9.69. The van der Waals surface area contributed by atoms with E-state index in [2.05, 4.69) is 16.3 Å². The maximum atomic E-state index is 12.3. The third-order valence-electron chi connectivity index (χ3n) is 3.80. The first-order valence-electron chi connectivity index (χ1n) is 7.54. The molecule has 1 fully saturated rings. The van der Waals surface area contributed by atoms with Crippen molar-refractivity contribution in [1.29, 1.82) is 0 Å². The zero-order chi connectivity index (χ0) is 16.9. The summed E-state index contributed by atoms with van der Waals surface area (Å²) < 4.78 is 26.0. The van der Waals surface area contributed by atoms with Crippen molar-refractivity contribution < 1.29 is 13.2 Å². The molecule has 0 aliphatic carbocycles. The lowest BCUT2D eigenvalue weighted by Crippen LogP contribution is -2.50. The van der Waals surface area contributed by atoms with E-state index in [1.54, 1.807) is 0 Å². The number of benzene rings is 1. The van der Waals surface area contributed by atoms with Gasteiger partial charge < -0.3 is 10.2 Å². The molecular formula is C15H22ClN3O3S. The van der Waals surface area contributed by atoms with Gasteiger partial charge in [-0.25, -0.2) is 8.42 Å². The van der Waals surface area contributed by atoms with Gasteiger partial charge in [-0.1, -0.05) is 12.1 Å². The monoisotopic (exact) mass is 359 g/mol. The van der Waals surface area contributed by atoms with Crippen LogP contribution in [0.3, 0.4) is 0 Å². The molecule has 8 heteroatoms. The van der Waals surface area contributed by atoms with E-state index < -0.39 is 10.0 Å². The number of anilines is 1. The number of hydrogen-bond donors (Lipinski definition) is 1. The average Bonchev–Trinajstić information content (AvgIpc) is 2.54. The second-order valence-electron chi connectivity index (χ2n) is 5.52. The van der Waals surface area contributed by atoms with Gasteiger partial charge in [0.15, 0.2) is 0 Å². The average molecular weight is 360 g/mol. The molecule has 1 saturated heterocycles. The van der Waals surface area contributed by atoms with Crippen molar-refractivity contribution in [3.63, 3.8) is 0 Å². The van der Waals surface area contributed by atoms with Crippen molar-refractivity contribution in [2.45, 2.75) is 6.92 Å². The lowest BCUT2D eigenvalue weighted by Gasteiger charge is -2.35. The molecule has 0 radical (unpaired) electrons. The minimum absolute atomic E-state index is 0.0893. The van der Waals surface area contributed by atoms with Gasteiger partial charge >= 0.3 is 0 Å². The lowest BCUT2D eigenvalue weighted by molar-refractivity contribution is -0.118. The van der Waals surface area contributed by atoms with E-state index >= 15 is 0 Å². The Balaban J connectivity index is 1.86. The summed E-state index contributed by atoms with van der Waals surface area (Å²) in [6.45, 7) is 4.37. The van der Waals surface area contributed by atoms with Crippen LogP contribution >= 0.6 is 11.6 Å². The van der Waals surface area contributed by atoms with Gasteiger partial charge in [-0.15, -0.1) is 11.6 Å². The minimum atomic E-state index is -3.35. The number of carbonyl (C=O) groups excluding carboxylic acids is 1. The van der Waals surface area contributed by atoms with Crippen LogP contribution in [0.25, 0.3) is 0 Å². The molecule has 1 aliphatic heterocycles. The maximum Gasteiger partial charge on any atom is 0.234 e. The van der Waals surface area contributed by atoms with Gasteiger partial charge in [0.25, 0.3) is 0 Å². The number of carbonyl (C=O) groups is 1. The summed E-state index contributed by atoms with van der Waals surface area (Å²) in [4.78, 5) is 13.2. The predicted molar refractivity (Wildman–Crippen MR) is 92.5 cm³/mol. The second kappa shape index (κ2) is 7.99. The van der Waals surface area contributed by atoms with Crippen LogP contribution < -0.4 is 10.2 Å². The molecule has 1 aromatic carbocycles. The second-order valence-corrected chi connectivity index (χ2v) is 7.88. The molecule has 0 aromatic heterocycles. The van der Waals surface area contributed by atoms with Gasteiger partial charge in [0.05, 0.1) is 5.75 Å². The Morgan fingerprint density at radius 1 is 1.26 bits per heavy atom. The Bertz CT molecular complexity index is 643. The van der Waals surface area contributed by atoms with Crippen LogP contribution in [-0.4, -0.2) is 63.0 Å². The van der Waals surface area contributed by atoms with Gasteiger partial charge in [-0.2, -0.15) is 4.31 Å². The van der Waals surface area contributed by atoms with E-state index in [1.165, 1.54) is 9.87 Å². The number of piperazine rings is 1. The van der Waals surface area contributed by atoms with Crippen LogP contribution in [0, 0.1) is 6.92 Å². The topological polar surface area (TPSA) is 69.7 Å². The Kier molecular flexibility index (Phi) is 6.26. The maximum absolute atomic E-state index is 12.3. The number of nitrogens with one attached hydrogen (secondary N) is 1. The summed E-state index contributed by atoms with van der Waals surface area (Å²) in [7, 11) is -3.35. The lowest BCUT2D eigenvalue weighted by atomic mass is 10.2. The molecule has 1 aromatic rings. The molecule has 0 unspecified atom stereocenters. The fourth-order valence-corrected chi connectivity index (χ4v) is 3.98. The predicted octanol–water partition coefficient (Wildman–Crippen LogP) is 0.802. The number of rotatable bonds is 6. The molecule has 128 valence electrons. The summed E-state index contributed by atoms with van der Waals surface area (Å²) in [5, 5.41) is 2.48. The molecule has 1 amide bonds. The summed E-state index contributed by atoms with van der Waals surface area (Å²) in [6, 6.07) is 8.19. The van der Waals surface area contributed by atoms with E-state index in [0.717, 1.165) is 5.69 Å². The smallest absolute Gasteiger partial charge is 0.234 e. The quantitative estimate of drug-likeness (QED) is 0.763. The van der Waals surface area contributed by atoms with Crippen LogP contribution in [0.1, 0.15) is 5.56 Å². The molecule has 0 bridgehead atoms. The number of aryl methyl sites for hydroxylation is 1. The van der Waals surface area contributed by atoms with Crippen LogP contribution in [-0.2, 0) is 14.8 Å². The van der Waals surface area contributed by atoms with E-state index in [0.29, 0.717) is 26.2 Å². The summed E-state index contributed by atoms with van der Waals surface area (Å²) >= 11 is 5.36. The van der Waals surface area contributed by atoms with E-state index in [9.17, 15) is 13.2 Å². The highest BCUT2D eigenvalue weighted by Gasteiger charge is 2.26. The Morgan fingerprint density at radius 3 is 2.57 bits per heavy atom. The van der Waals surface area contributed by atoms with Crippen molar-refractivity contribution in [2.24, 2.45) is 0 Å². The van der Waals surface area contributed by atoms with E-state index in [-0.39, 0.29) is 24.1 Å². The van der Waals surface area contributed by atoms with Crippen molar-refractivity contribution >= 4 is 33.2 Å². The normalized spacial score (nSPS) is 16.3. The third kappa shape index (κ3) is 5.09. The highest BCUT2D eigenvalue weighted by atomic mass is 35.5. The van der Waals surface area contributed by atoms with Gasteiger partial charge in [0.1, 0.15) is 5.88 Å². The van der Waals surface area contributed by atoms with Crippen molar-refractivity contribution in [3.05, 3.63) is 29.8 Å². The van der Waals surface area contributed by atoms with Crippen LogP contribution in [0.15, 0.2) is 24.3 Å². The molecule has 0 saturated carbocycles. The summed E-state index contributed by atoms with van der Waals surface area (Å²) in [5.74, 6) is -0.610. The standard InChI is InChI=1S/C15H22ClN3O3S/c1-13-3-2-4-14(11-13)18-6-8-19(9-7-18)23(21,22)10-5-17-15(20)12-16/h2-4,11H,5-10,12H2,1H3,(H,17,20). The third-order valence-corrected chi connectivity index (χ3v) is 5.92. The first kappa shape index (κ1) is 18.0. The zero-order valence-corrected chi connectivity index (χ0v) is 14.7. The Morgan fingerprint density at radius 2 is 1.96 bits per heavy atom. The van der Waals surface area contributed by atoms with Crippen molar-refractivity contribution in [3.8, 4) is 0 Å². The fourth-order valence-electron chi connectivity index (χ4n) is 2.54. The number of amides is 1. The van der Waals surface area contributed by atoms with Gasteiger partial charge in [0, 0.05) is 38.4 Å². The molecule has 2 rings (SSSR count). The van der Waals surface area contributed by atoms with Crippen molar-refractivity contribution in [1.82, 2.24) is 9.62 Å². The molecule has 1 N–H and O–H groups in total. The van der Waals surface area contributed by atoms with E-state index in [4.69, 9.17) is 11.6 Å². The highest BCUT2D eigenvalue weighted by Crippen LogP contribution is 2.18. The number of nitrogens with zero attached hydrogens (tertiary/aromatic N) is 2. The molecule has 6 nitrogen and oxygen atoms in total. The number of hydrogen-bond acceptors (Lipinski definition) is 4. The summed E-state index contributed by atoms with van der Waals surface area (Å²) in [6.07, 6.45) is 0. The van der Waals surface area contributed by atoms with Crippen molar-refractivity contribution in [2.75, 3.05) is 49.3 Å². The minimum Gasteiger partial charge on any atom is -0.369 e. The van der Waals surface area contributed by atoms with Gasteiger partial charge in [-0.3, -0.25) is 4.79 Å². The van der Waals surface area contributed by atoms with Crippen LogP contribution in [0.2, 0.25) is 0 Å². The molecule has 1 heterocycles. The van der Waals surface area contributed by atoms with Gasteiger partial charge in [-0.05, 0) is 24.6 Å². The molecule has 0 atom stereocenters. The molecule has 23 heavy (non-hydrogen) atoms. The highest BCUT2D eigenvalue weighted by molar-refractivity contribution is 7.89. The van der Waals surface area contributed by atoms with Crippen LogP contribution in [0.4, 0.5) is 5.69 Å². The molecule has 0 spiro atoms.